The summed E-state index contributed by atoms with van der Waals surface area (Å²) >= 11 is 0. The van der Waals surface area contributed by atoms with Gasteiger partial charge in [0.15, 0.2) is 6.10 Å². The Balaban J connectivity index is 2.00. The van der Waals surface area contributed by atoms with Gasteiger partial charge in [-0.25, -0.2) is 0 Å². The molecule has 0 spiro atoms. The van der Waals surface area contributed by atoms with Crippen molar-refractivity contribution in [3.8, 4) is 0 Å². The van der Waals surface area contributed by atoms with E-state index in [9.17, 15) is 9.90 Å². The van der Waals surface area contributed by atoms with E-state index < -0.39 is 18.1 Å². The Morgan fingerprint density at radius 3 is 2.84 bits per heavy atom. The van der Waals surface area contributed by atoms with E-state index in [1.807, 2.05) is 30.3 Å². The van der Waals surface area contributed by atoms with Crippen LogP contribution in [0.2, 0.25) is 0 Å². The van der Waals surface area contributed by atoms with E-state index >= 15 is 0 Å². The van der Waals surface area contributed by atoms with Gasteiger partial charge in [-0.1, -0.05) is 35.5 Å². The van der Waals surface area contributed by atoms with Gasteiger partial charge in [0.05, 0.1) is 12.8 Å². The van der Waals surface area contributed by atoms with Crippen LogP contribution in [0.5, 0.6) is 0 Å². The molecule has 1 aliphatic heterocycles. The van der Waals surface area contributed by atoms with E-state index in [1.165, 1.54) is 7.11 Å². The molecular weight excluding hydrogens is 248 g/mol. The number of carbonyl (C=O) groups is 1. The van der Waals surface area contributed by atoms with Crippen LogP contribution in [0.3, 0.4) is 0 Å². The summed E-state index contributed by atoms with van der Waals surface area (Å²) in [5.74, 6) is -0.682. The highest BCUT2D eigenvalue weighted by atomic mass is 16.6. The zero-order chi connectivity index (χ0) is 13.8. The van der Waals surface area contributed by atoms with Crippen LogP contribution in [0.1, 0.15) is 18.1 Å². The van der Waals surface area contributed by atoms with Crippen molar-refractivity contribution in [2.75, 3.05) is 7.11 Å². The SMILES string of the molecule is COC(=O)[C@H](N)[C@@H](O)C1=NO[C@@H](c2ccccc2)C1. The Morgan fingerprint density at radius 2 is 2.21 bits per heavy atom. The zero-order valence-electron chi connectivity index (χ0n) is 10.5. The number of nitrogens with zero attached hydrogens (tertiary/aromatic N) is 1. The number of aliphatic hydroxyl groups excluding tert-OH is 1. The van der Waals surface area contributed by atoms with Crippen molar-refractivity contribution in [2.45, 2.75) is 24.7 Å². The lowest BCUT2D eigenvalue weighted by Crippen LogP contribution is -2.46. The molecule has 1 aromatic carbocycles. The van der Waals surface area contributed by atoms with Gasteiger partial charge in [0.25, 0.3) is 0 Å². The lowest BCUT2D eigenvalue weighted by atomic mass is 9.99. The van der Waals surface area contributed by atoms with Crippen molar-refractivity contribution >= 4 is 11.7 Å². The number of ether oxygens (including phenoxy) is 1. The first kappa shape index (κ1) is 13.5. The van der Waals surface area contributed by atoms with Crippen LogP contribution < -0.4 is 5.73 Å². The third-order valence-electron chi connectivity index (χ3n) is 3.02. The summed E-state index contributed by atoms with van der Waals surface area (Å²) in [6, 6.07) is 8.37. The van der Waals surface area contributed by atoms with Gasteiger partial charge in [-0.05, 0) is 5.56 Å². The lowest BCUT2D eigenvalue weighted by Gasteiger charge is -2.15. The monoisotopic (exact) mass is 264 g/mol. The van der Waals surface area contributed by atoms with Gasteiger partial charge in [-0.3, -0.25) is 4.79 Å². The third-order valence-corrected chi connectivity index (χ3v) is 3.02. The molecule has 19 heavy (non-hydrogen) atoms. The molecular formula is C13H16N2O4. The molecule has 0 amide bonds. The first-order valence-electron chi connectivity index (χ1n) is 5.92. The van der Waals surface area contributed by atoms with E-state index in [2.05, 4.69) is 9.89 Å². The number of oxime groups is 1. The van der Waals surface area contributed by atoms with Crippen molar-refractivity contribution in [1.29, 1.82) is 0 Å². The minimum atomic E-state index is -1.19. The molecule has 0 unspecified atom stereocenters. The van der Waals surface area contributed by atoms with Gasteiger partial charge in [-0.2, -0.15) is 0 Å². The average molecular weight is 264 g/mol. The van der Waals surface area contributed by atoms with Gasteiger partial charge in [0.1, 0.15) is 12.1 Å². The van der Waals surface area contributed by atoms with E-state index in [-0.39, 0.29) is 6.10 Å². The van der Waals surface area contributed by atoms with Gasteiger partial charge in [0, 0.05) is 6.42 Å². The summed E-state index contributed by atoms with van der Waals surface area (Å²) in [5.41, 5.74) is 6.89. The minimum absolute atomic E-state index is 0.254. The molecule has 1 aromatic rings. The summed E-state index contributed by atoms with van der Waals surface area (Å²) in [5, 5.41) is 13.8. The van der Waals surface area contributed by atoms with Gasteiger partial charge in [-0.15, -0.1) is 0 Å². The Labute approximate surface area is 110 Å². The molecule has 1 heterocycles. The van der Waals surface area contributed by atoms with Crippen molar-refractivity contribution in [3.63, 3.8) is 0 Å². The van der Waals surface area contributed by atoms with Gasteiger partial charge < -0.3 is 20.4 Å². The predicted molar refractivity (Wildman–Crippen MR) is 68.3 cm³/mol. The van der Waals surface area contributed by atoms with Gasteiger partial charge >= 0.3 is 5.97 Å². The highest BCUT2D eigenvalue weighted by molar-refractivity contribution is 5.94. The maximum atomic E-state index is 11.3. The van der Waals surface area contributed by atoms with E-state index in [0.717, 1.165) is 5.56 Å². The molecule has 0 bridgehead atoms. The van der Waals surface area contributed by atoms with Crippen molar-refractivity contribution < 1.29 is 19.5 Å². The Morgan fingerprint density at radius 1 is 1.53 bits per heavy atom. The smallest absolute Gasteiger partial charge is 0.325 e. The largest absolute Gasteiger partial charge is 0.468 e. The number of nitrogens with two attached hydrogens (primary N) is 1. The van der Waals surface area contributed by atoms with Gasteiger partial charge in [0.2, 0.25) is 0 Å². The van der Waals surface area contributed by atoms with Crippen molar-refractivity contribution in [2.24, 2.45) is 10.9 Å². The van der Waals surface area contributed by atoms with E-state index in [4.69, 9.17) is 10.6 Å². The fourth-order valence-electron chi connectivity index (χ4n) is 1.89. The molecule has 102 valence electrons. The molecule has 0 radical (unpaired) electrons. The summed E-state index contributed by atoms with van der Waals surface area (Å²) in [4.78, 5) is 16.5. The molecule has 2 rings (SSSR count). The number of hydrogen-bond donors (Lipinski definition) is 2. The number of esters is 1. The summed E-state index contributed by atoms with van der Waals surface area (Å²) < 4.78 is 4.48. The number of carbonyl (C=O) groups excluding carboxylic acids is 1. The van der Waals surface area contributed by atoms with Crippen molar-refractivity contribution in [1.82, 2.24) is 0 Å². The van der Waals surface area contributed by atoms with Crippen LogP contribution in [-0.4, -0.2) is 36.0 Å². The minimum Gasteiger partial charge on any atom is -0.468 e. The molecule has 6 nitrogen and oxygen atoms in total. The zero-order valence-corrected chi connectivity index (χ0v) is 10.5. The number of hydrogen-bond acceptors (Lipinski definition) is 6. The first-order chi connectivity index (χ1) is 9.13. The maximum Gasteiger partial charge on any atom is 0.325 e. The molecule has 0 fully saturated rings. The number of benzene rings is 1. The highest BCUT2D eigenvalue weighted by Crippen LogP contribution is 2.28. The fourth-order valence-corrected chi connectivity index (χ4v) is 1.89. The number of aliphatic hydroxyl groups is 1. The van der Waals surface area contributed by atoms with Crippen LogP contribution in [0, 0.1) is 0 Å². The second kappa shape index (κ2) is 5.81. The first-order valence-corrected chi connectivity index (χ1v) is 5.92. The molecule has 0 aliphatic carbocycles. The summed E-state index contributed by atoms with van der Waals surface area (Å²) in [7, 11) is 1.22. The lowest BCUT2D eigenvalue weighted by molar-refractivity contribution is -0.143. The fraction of sp³-hybridized carbons (Fsp3) is 0.385. The Kier molecular flexibility index (Phi) is 4.13. The Hall–Kier alpha value is -1.92. The maximum absolute atomic E-state index is 11.3. The second-order valence-corrected chi connectivity index (χ2v) is 4.29. The van der Waals surface area contributed by atoms with E-state index in [0.29, 0.717) is 12.1 Å². The molecule has 0 saturated carbocycles. The van der Waals surface area contributed by atoms with Crippen LogP contribution >= 0.6 is 0 Å². The third kappa shape index (κ3) is 2.91. The highest BCUT2D eigenvalue weighted by Gasteiger charge is 2.33. The number of rotatable bonds is 4. The molecule has 3 atom stereocenters. The summed E-state index contributed by atoms with van der Waals surface area (Å²) in [6.45, 7) is 0. The van der Waals surface area contributed by atoms with Crippen LogP contribution in [0.4, 0.5) is 0 Å². The Bertz CT molecular complexity index is 475. The molecule has 0 saturated heterocycles. The standard InChI is InChI=1S/C13H16N2O4/c1-18-13(17)11(14)12(16)9-7-10(19-15-9)8-5-3-2-4-6-8/h2-6,10-12,16H,7,14H2,1H3/t10-,11-,12+/m1/s1. The molecule has 3 N–H and O–H groups in total. The normalized spacial score (nSPS) is 21.2. The van der Waals surface area contributed by atoms with Crippen molar-refractivity contribution in [3.05, 3.63) is 35.9 Å². The predicted octanol–water partition coefficient (Wildman–Crippen LogP) is 0.365. The van der Waals surface area contributed by atoms with Crippen LogP contribution in [0.15, 0.2) is 35.5 Å². The molecule has 1 aliphatic rings. The van der Waals surface area contributed by atoms with Crippen LogP contribution in [-0.2, 0) is 14.4 Å². The molecule has 0 aromatic heterocycles. The number of methoxy groups -OCH3 is 1. The van der Waals surface area contributed by atoms with E-state index in [1.54, 1.807) is 0 Å². The average Bonchev–Trinajstić information content (AvgIpc) is 2.95. The second-order valence-electron chi connectivity index (χ2n) is 4.29. The van der Waals surface area contributed by atoms with Crippen LogP contribution in [0.25, 0.3) is 0 Å². The summed E-state index contributed by atoms with van der Waals surface area (Å²) in [6.07, 6.45) is -1.05. The topological polar surface area (TPSA) is 94.1 Å². The molecule has 6 heteroatoms. The quantitative estimate of drug-likeness (QED) is 0.766.